The SMILES string of the molecule is CCSC(SCC)[C@@H]1CCCN1C(=O)c1cc(CO)c(OCBr)cc1[N+](=O)[O-].CCSC(SCC)[C@@H]1CCCN1C(=O)c1cc(CO)c(OCN2CCN(c3ncnc4ccccc34)CC2)cc1N.CCSC(SCC)[C@@H]1CCCN1C(=O)c1cc(CO)c(OCN2CCN(c3ncnc4ccccc34)CC2)cc1[N+](=O)[O-].O=C1c2cc(CO)c(OCN3CCN(c4ncnc5ccccc45)CC3)cc2N=C[C@@H]2CCCN12. The average Bonchev–Trinajstić information content (AvgIpc) is 1.77. The number of halogens is 1. The molecule has 7 fully saturated rings. The Morgan fingerprint density at radius 2 is 0.748 bits per heavy atom. The number of hydrogen-bond donors (Lipinski definition) is 5. The minimum Gasteiger partial charge on any atom is -0.482 e. The summed E-state index contributed by atoms with van der Waals surface area (Å²) in [5, 5.41) is 66.8. The van der Waals surface area contributed by atoms with Crippen LogP contribution in [0.4, 0.5) is 40.2 Å². The standard InChI is InChI=1S/C30H38N6O5S2.C30H40N6O3S2.C26H28N6O3.C18H25BrN2O5S2/c1-3-42-30(43-4-2)25-10-7-11-35(25)29(38)23-16-21(18-37)27(17-26(23)36(39)40)41-20-33-12-14-34(15-13-33)28-22-8-5-6-9-24(22)31-19-32-28;1-3-40-30(41-4-2)26-10-7-11-36(26)29(38)23-16-21(18-37)27(17-24(23)31)39-20-34-12-14-35(15-13-34)28-22-8-5-6-9-25(22)32-19-33-28;33-15-18-12-21-23(27-14-19-4-3-7-32(19)26(21)34)13-24(18)35-17-30-8-10-31(11-9-30)25-20-5-1-2-6-22(20)28-16-29-25;1-3-27-18(28-4-2)14-6-5-7-20(14)17(23)13-8-12(10-22)16(26-11-19)9-15(13)21(24)25/h5-6,8-9,16-17,19,25,30,37H,3-4,7,10-15,18,20H2,1-2H3;5-6,8-9,16-17,19,26,30,37H,3-4,7,10-15,18,20,31H2,1-2H3;1-2,5-6,12-14,16,19,33H,3-4,7-11,15,17H2;8-9,14,18,22H,3-7,10-11H2,1-2H3/t25-;26-;19-;14-/m0000/s1. The van der Waals surface area contributed by atoms with Crippen LogP contribution in [0, 0.1) is 20.2 Å². The van der Waals surface area contributed by atoms with Crippen LogP contribution in [0.15, 0.2) is 145 Å². The molecule has 18 rings (SSSR count). The predicted octanol–water partition coefficient (Wildman–Crippen LogP) is 15.8. The Kier molecular flexibility index (Phi) is 41.0. The molecule has 36 nitrogen and oxygen atoms in total. The molecule has 7 aromatic carbocycles. The summed E-state index contributed by atoms with van der Waals surface area (Å²) in [6, 6.07) is 36.7. The number of aliphatic imine (C=N–C) groups is 1. The van der Waals surface area contributed by atoms with E-state index in [-0.39, 0.29) is 123 Å². The number of nitrogens with zero attached hydrogens (tertiary/aromatic N) is 19. The minimum atomic E-state index is -0.570. The number of fused-ring (bicyclic) bond motifs is 5. The van der Waals surface area contributed by atoms with Crippen molar-refractivity contribution in [1.29, 1.82) is 0 Å². The van der Waals surface area contributed by atoms with E-state index >= 15 is 0 Å². The lowest BCUT2D eigenvalue weighted by Gasteiger charge is -2.35. The predicted molar refractivity (Wildman–Crippen MR) is 593 cm³/mol. The number of likely N-dealkylation sites (tertiary alicyclic amines) is 3. The maximum Gasteiger partial charge on any atom is 0.285 e. The molecule has 4 amide bonds. The Morgan fingerprint density at radius 1 is 0.422 bits per heavy atom. The Labute approximate surface area is 891 Å². The third-order valence-corrected chi connectivity index (χ3v) is 35.9. The van der Waals surface area contributed by atoms with Crippen molar-refractivity contribution in [2.75, 3.05) is 185 Å². The van der Waals surface area contributed by atoms with Crippen molar-refractivity contribution in [2.24, 2.45) is 4.99 Å². The van der Waals surface area contributed by atoms with Crippen LogP contribution in [0.5, 0.6) is 23.0 Å². The van der Waals surface area contributed by atoms with Gasteiger partial charge in [0.25, 0.3) is 35.0 Å². The van der Waals surface area contributed by atoms with Crippen molar-refractivity contribution < 1.29 is 68.4 Å². The number of carbonyl (C=O) groups excluding carboxylic acids is 4. The number of para-hydroxylation sites is 3. The molecular formula is C104H131BrN20O16S6. The fraction of sp³-hybridized carbons (Fsp3) is 0.490. The number of amides is 4. The van der Waals surface area contributed by atoms with Crippen molar-refractivity contribution in [1.82, 2.24) is 64.2 Å². The van der Waals surface area contributed by atoms with Crippen LogP contribution in [-0.4, -0.2) is 327 Å². The fourth-order valence-electron chi connectivity index (χ4n) is 19.9. The maximum atomic E-state index is 13.8. The number of aliphatic hydroxyl groups excluding tert-OH is 4. The quantitative estimate of drug-likeness (QED) is 0.00789. The molecule has 4 atom stereocenters. The Morgan fingerprint density at radius 3 is 1.10 bits per heavy atom. The summed E-state index contributed by atoms with van der Waals surface area (Å²) in [5.41, 5.74) is 12.6. The highest BCUT2D eigenvalue weighted by molar-refractivity contribution is 9.09. The summed E-state index contributed by atoms with van der Waals surface area (Å²) in [5.74, 6) is 9.34. The zero-order valence-corrected chi connectivity index (χ0v) is 90.3. The van der Waals surface area contributed by atoms with Crippen LogP contribution in [0.3, 0.4) is 0 Å². The first kappa shape index (κ1) is 111. The molecule has 6 N–H and O–H groups in total. The number of nitro groups is 2. The number of aromatic nitrogens is 6. The molecule has 0 bridgehead atoms. The highest BCUT2D eigenvalue weighted by atomic mass is 79.9. The second-order valence-corrected chi connectivity index (χ2v) is 46.0. The summed E-state index contributed by atoms with van der Waals surface area (Å²) in [7, 11) is 0. The van der Waals surface area contributed by atoms with E-state index in [1.807, 2.05) is 147 Å². The number of ether oxygens (including phenoxy) is 4. The minimum absolute atomic E-state index is 0.000684. The van der Waals surface area contributed by atoms with Crippen LogP contribution in [0.2, 0.25) is 0 Å². The second kappa shape index (κ2) is 54.4. The molecule has 0 radical (unpaired) electrons. The molecule has 0 unspecified atom stereocenters. The largest absolute Gasteiger partial charge is 0.482 e. The van der Waals surface area contributed by atoms with Crippen LogP contribution in [0.25, 0.3) is 32.7 Å². The highest BCUT2D eigenvalue weighted by Gasteiger charge is 2.43. The summed E-state index contributed by atoms with van der Waals surface area (Å²) < 4.78 is 24.5. The van der Waals surface area contributed by atoms with E-state index in [2.05, 4.69) is 134 Å². The van der Waals surface area contributed by atoms with E-state index in [1.54, 1.807) is 53.0 Å². The number of rotatable bonds is 38. The summed E-state index contributed by atoms with van der Waals surface area (Å²) >= 11 is 14.2. The monoisotopic (exact) mass is 2190 g/mol. The highest BCUT2D eigenvalue weighted by Crippen LogP contribution is 2.44. The lowest BCUT2D eigenvalue weighted by Crippen LogP contribution is -2.48. The molecule has 786 valence electrons. The van der Waals surface area contributed by atoms with Gasteiger partial charge >= 0.3 is 0 Å². The van der Waals surface area contributed by atoms with Gasteiger partial charge in [0.1, 0.15) is 96.3 Å². The second-order valence-electron chi connectivity index (χ2n) is 36.1. The lowest BCUT2D eigenvalue weighted by molar-refractivity contribution is -0.385. The zero-order valence-electron chi connectivity index (χ0n) is 83.9. The third-order valence-electron chi connectivity index (χ3n) is 27.3. The van der Waals surface area contributed by atoms with Crippen molar-refractivity contribution in [3.63, 3.8) is 0 Å². The Bertz CT molecular complexity index is 6180. The number of thioether (sulfide) groups is 6. The van der Waals surface area contributed by atoms with Gasteiger partial charge in [0.15, 0.2) is 0 Å². The molecule has 147 heavy (non-hydrogen) atoms. The van der Waals surface area contributed by atoms with Crippen molar-refractivity contribution >= 4 is 189 Å². The van der Waals surface area contributed by atoms with Gasteiger partial charge in [-0.2, -0.15) is 0 Å². The van der Waals surface area contributed by atoms with E-state index in [0.29, 0.717) is 100 Å². The van der Waals surface area contributed by atoms with Gasteiger partial charge in [0, 0.05) is 167 Å². The number of nitrogens with two attached hydrogens (primary N) is 1. The van der Waals surface area contributed by atoms with Gasteiger partial charge < -0.3 is 79.4 Å². The number of nitro benzene ring substituents is 2. The van der Waals surface area contributed by atoms with Crippen molar-refractivity contribution in [3.8, 4) is 23.0 Å². The lowest BCUT2D eigenvalue weighted by atomic mass is 10.1. The van der Waals surface area contributed by atoms with Crippen LogP contribution >= 0.6 is 86.5 Å². The molecule has 8 aliphatic rings. The molecule has 10 aromatic rings. The summed E-state index contributed by atoms with van der Waals surface area (Å²) in [4.78, 5) is 129. The maximum absolute atomic E-state index is 13.8. The van der Waals surface area contributed by atoms with Gasteiger partial charge in [-0.25, -0.2) is 29.9 Å². The normalized spacial score (nSPS) is 18.1. The van der Waals surface area contributed by atoms with Gasteiger partial charge in [-0.05, 0) is 162 Å². The molecule has 43 heteroatoms. The molecular weight excluding hydrogens is 2060 g/mol. The summed E-state index contributed by atoms with van der Waals surface area (Å²) in [6.07, 6.45) is 14.1. The molecule has 8 aliphatic heterocycles. The third kappa shape index (κ3) is 27.0. The average molecular weight is 2190 g/mol. The van der Waals surface area contributed by atoms with Gasteiger partial charge in [-0.1, -0.05) is 77.9 Å². The molecule has 7 saturated heterocycles. The molecule has 0 aliphatic carbocycles. The number of nitrogen functional groups attached to an aromatic ring is 1. The van der Waals surface area contributed by atoms with E-state index in [4.69, 9.17) is 24.7 Å². The van der Waals surface area contributed by atoms with E-state index in [9.17, 15) is 59.8 Å². The number of anilines is 4. The van der Waals surface area contributed by atoms with Crippen LogP contribution in [0.1, 0.15) is 157 Å². The van der Waals surface area contributed by atoms with E-state index < -0.39 is 16.5 Å². The number of carbonyl (C=O) groups is 4. The van der Waals surface area contributed by atoms with Crippen molar-refractivity contribution in [2.45, 2.75) is 157 Å². The van der Waals surface area contributed by atoms with Gasteiger partial charge in [0.2, 0.25) is 0 Å². The van der Waals surface area contributed by atoms with E-state index in [0.717, 1.165) is 215 Å². The Hall–Kier alpha value is -10.4. The van der Waals surface area contributed by atoms with Crippen molar-refractivity contribution in [3.05, 3.63) is 205 Å². The van der Waals surface area contributed by atoms with E-state index in [1.165, 1.54) is 24.3 Å². The number of aliphatic hydroxyl groups is 4. The fourth-order valence-corrected chi connectivity index (χ4v) is 28.8. The van der Waals surface area contributed by atoms with Gasteiger partial charge in [-0.15, -0.1) is 70.6 Å². The smallest absolute Gasteiger partial charge is 0.285 e. The molecule has 0 saturated carbocycles. The topological polar surface area (TPSA) is 421 Å². The number of hydrogen-bond acceptors (Lipinski definition) is 36. The molecule has 3 aromatic heterocycles. The number of piperazine rings is 3. The molecule has 0 spiro atoms. The summed E-state index contributed by atoms with van der Waals surface area (Å²) in [6.45, 7) is 24.6. The zero-order chi connectivity index (χ0) is 104. The first-order chi connectivity index (χ1) is 71.7. The number of alkyl halides is 1. The first-order valence-corrected chi connectivity index (χ1v) is 57.8. The van der Waals surface area contributed by atoms with Gasteiger partial charge in [-0.3, -0.25) is 59.1 Å². The van der Waals surface area contributed by atoms with Crippen LogP contribution in [-0.2, 0) is 26.4 Å². The number of benzene rings is 7. The Balaban J connectivity index is 0.000000149. The first-order valence-electron chi connectivity index (χ1n) is 50.4. The van der Waals surface area contributed by atoms with Gasteiger partial charge in [0.05, 0.1) is 120 Å². The molecule has 11 heterocycles. The van der Waals surface area contributed by atoms with Crippen LogP contribution < -0.4 is 39.4 Å².